The molecule has 2 fully saturated rings. The Hall–Kier alpha value is -3.49. The topological polar surface area (TPSA) is 183 Å². The van der Waals surface area contributed by atoms with Gasteiger partial charge in [-0.15, -0.1) is 0 Å². The van der Waals surface area contributed by atoms with Gasteiger partial charge in [-0.1, -0.05) is 0 Å². The van der Waals surface area contributed by atoms with Crippen molar-refractivity contribution in [3.63, 3.8) is 0 Å². The van der Waals surface area contributed by atoms with Crippen LogP contribution < -0.4 is 23.7 Å². The molecule has 40 heavy (non-hydrogen) atoms. The van der Waals surface area contributed by atoms with Crippen LogP contribution in [-0.4, -0.2) is 96.4 Å². The van der Waals surface area contributed by atoms with Gasteiger partial charge >= 0.3 is 5.97 Å². The second-order valence-corrected chi connectivity index (χ2v) is 10.2. The van der Waals surface area contributed by atoms with Crippen LogP contribution >= 0.6 is 0 Å². The zero-order valence-corrected chi connectivity index (χ0v) is 21.7. The van der Waals surface area contributed by atoms with E-state index in [1.54, 1.807) is 18.2 Å². The minimum atomic E-state index is -1.65. The van der Waals surface area contributed by atoms with E-state index in [0.717, 1.165) is 0 Å². The molecule has 13 heteroatoms. The number of fused-ring (bicyclic) bond motifs is 3. The third-order valence-corrected chi connectivity index (χ3v) is 8.08. The van der Waals surface area contributed by atoms with Gasteiger partial charge < -0.3 is 58.7 Å². The van der Waals surface area contributed by atoms with Gasteiger partial charge in [-0.3, -0.25) is 4.79 Å². The summed E-state index contributed by atoms with van der Waals surface area (Å²) in [4.78, 5) is 13.0. The summed E-state index contributed by atoms with van der Waals surface area (Å²) in [7, 11) is 2.81. The van der Waals surface area contributed by atoms with Crippen LogP contribution in [0.3, 0.4) is 0 Å². The number of phenols is 1. The first kappa shape index (κ1) is 26.7. The molecule has 0 spiro atoms. The fourth-order valence-electron chi connectivity index (χ4n) is 6.07. The molecule has 0 bridgehead atoms. The van der Waals surface area contributed by atoms with E-state index in [2.05, 4.69) is 0 Å². The molecule has 0 saturated carbocycles. The van der Waals surface area contributed by atoms with E-state index >= 15 is 0 Å². The number of rotatable bonds is 6. The molecule has 1 aliphatic carbocycles. The Bertz CT molecular complexity index is 1280. The van der Waals surface area contributed by atoms with E-state index in [1.807, 2.05) is 0 Å². The van der Waals surface area contributed by atoms with Crippen molar-refractivity contribution in [1.82, 2.24) is 0 Å². The molecule has 13 nitrogen and oxygen atoms in total. The summed E-state index contributed by atoms with van der Waals surface area (Å²) in [6.07, 6.45) is -7.15. The van der Waals surface area contributed by atoms with Gasteiger partial charge in [-0.25, -0.2) is 0 Å². The number of aromatic hydroxyl groups is 1. The molecule has 2 aromatic carbocycles. The number of methoxy groups -OCH3 is 2. The molecule has 6 rings (SSSR count). The first-order valence-corrected chi connectivity index (χ1v) is 12.8. The highest BCUT2D eigenvalue weighted by Crippen LogP contribution is 2.56. The van der Waals surface area contributed by atoms with Gasteiger partial charge in [0, 0.05) is 17.4 Å². The zero-order valence-electron chi connectivity index (χ0n) is 21.7. The second kappa shape index (κ2) is 10.2. The SMILES string of the molecule is COc1cc([C@H]2c3cc4c(c(O[C@H]5O[C@@H](CO)[C@H](O)[C@@H](O)[C@@H]5O)c3C[C@@H]3COC(=O)[C@@H]32)OCO4)cc(OC)c1O. The molecule has 0 amide bonds. The lowest BCUT2D eigenvalue weighted by Crippen LogP contribution is -2.60. The minimum Gasteiger partial charge on any atom is -0.502 e. The molecule has 3 aliphatic heterocycles. The van der Waals surface area contributed by atoms with E-state index in [9.17, 15) is 30.3 Å². The van der Waals surface area contributed by atoms with Crippen LogP contribution in [0.25, 0.3) is 0 Å². The van der Waals surface area contributed by atoms with Crippen molar-refractivity contribution < 1.29 is 63.5 Å². The van der Waals surface area contributed by atoms with E-state index < -0.39 is 49.1 Å². The molecule has 5 N–H and O–H groups in total. The highest BCUT2D eigenvalue weighted by molar-refractivity contribution is 5.79. The Balaban J connectivity index is 1.50. The fraction of sp³-hybridized carbons (Fsp3) is 0.519. The number of hydrogen-bond donors (Lipinski definition) is 5. The van der Waals surface area contributed by atoms with Gasteiger partial charge in [0.2, 0.25) is 24.6 Å². The maximum Gasteiger partial charge on any atom is 0.310 e. The van der Waals surface area contributed by atoms with E-state index in [1.165, 1.54) is 14.2 Å². The second-order valence-electron chi connectivity index (χ2n) is 10.2. The van der Waals surface area contributed by atoms with Crippen LogP contribution in [0.5, 0.6) is 34.5 Å². The van der Waals surface area contributed by atoms with Crippen LogP contribution in [0, 0.1) is 11.8 Å². The molecule has 2 saturated heterocycles. The van der Waals surface area contributed by atoms with E-state index in [0.29, 0.717) is 28.9 Å². The normalized spacial score (nSPS) is 32.2. The number of aliphatic hydroxyl groups is 4. The molecule has 0 unspecified atom stereocenters. The summed E-state index contributed by atoms with van der Waals surface area (Å²) in [5.41, 5.74) is 1.90. The van der Waals surface area contributed by atoms with Crippen LogP contribution in [0.15, 0.2) is 18.2 Å². The van der Waals surface area contributed by atoms with Crippen molar-refractivity contribution >= 4 is 5.97 Å². The summed E-state index contributed by atoms with van der Waals surface area (Å²) in [6, 6.07) is 5.02. The monoisotopic (exact) mass is 562 g/mol. The lowest BCUT2D eigenvalue weighted by molar-refractivity contribution is -0.277. The number of benzene rings is 2. The van der Waals surface area contributed by atoms with Gasteiger partial charge in [0.05, 0.1) is 33.4 Å². The maximum absolute atomic E-state index is 13.0. The lowest BCUT2D eigenvalue weighted by Gasteiger charge is -2.40. The molecule has 0 radical (unpaired) electrons. The Labute approximate surface area is 228 Å². The van der Waals surface area contributed by atoms with Crippen LogP contribution in [-0.2, 0) is 20.7 Å². The zero-order chi connectivity index (χ0) is 28.3. The van der Waals surface area contributed by atoms with E-state index in [4.69, 9.17) is 33.2 Å². The number of carbonyl (C=O) groups excluding carboxylic acids is 1. The number of cyclic esters (lactones) is 1. The van der Waals surface area contributed by atoms with Crippen molar-refractivity contribution in [3.05, 3.63) is 34.9 Å². The molecule has 3 heterocycles. The van der Waals surface area contributed by atoms with Crippen LogP contribution in [0.2, 0.25) is 0 Å². The van der Waals surface area contributed by atoms with Crippen molar-refractivity contribution in [3.8, 4) is 34.5 Å². The predicted molar refractivity (Wildman–Crippen MR) is 132 cm³/mol. The number of ether oxygens (including phenoxy) is 7. The first-order chi connectivity index (χ1) is 19.3. The highest BCUT2D eigenvalue weighted by atomic mass is 16.7. The summed E-state index contributed by atoms with van der Waals surface area (Å²) in [5.74, 6) is -0.932. The van der Waals surface area contributed by atoms with Gasteiger partial charge in [0.15, 0.2) is 23.0 Å². The number of aliphatic hydroxyl groups excluding tert-OH is 4. The predicted octanol–water partition coefficient (Wildman–Crippen LogP) is -0.206. The quantitative estimate of drug-likeness (QED) is 0.292. The summed E-state index contributed by atoms with van der Waals surface area (Å²) in [5, 5.41) is 51.3. The van der Waals surface area contributed by atoms with E-state index in [-0.39, 0.29) is 54.0 Å². The number of phenolic OH excluding ortho intramolecular Hbond substituents is 1. The molecular formula is C27H30O13. The summed E-state index contributed by atoms with van der Waals surface area (Å²) < 4.78 is 39.4. The maximum atomic E-state index is 13.0. The minimum absolute atomic E-state index is 0.107. The summed E-state index contributed by atoms with van der Waals surface area (Å²) in [6.45, 7) is -0.561. The third-order valence-electron chi connectivity index (χ3n) is 8.08. The Morgan fingerprint density at radius 1 is 0.975 bits per heavy atom. The smallest absolute Gasteiger partial charge is 0.310 e. The number of hydrogen-bond acceptors (Lipinski definition) is 13. The summed E-state index contributed by atoms with van der Waals surface area (Å²) >= 11 is 0. The van der Waals surface area contributed by atoms with Crippen molar-refractivity contribution in [2.75, 3.05) is 34.2 Å². The average Bonchev–Trinajstić information content (AvgIpc) is 3.58. The average molecular weight is 563 g/mol. The Morgan fingerprint density at radius 3 is 2.38 bits per heavy atom. The third kappa shape index (κ3) is 4.08. The van der Waals surface area contributed by atoms with Crippen molar-refractivity contribution in [2.45, 2.75) is 43.0 Å². The number of esters is 1. The fourth-order valence-corrected chi connectivity index (χ4v) is 6.07. The highest BCUT2D eigenvalue weighted by Gasteiger charge is 2.51. The molecule has 8 atom stereocenters. The Morgan fingerprint density at radius 2 is 1.70 bits per heavy atom. The Kier molecular flexibility index (Phi) is 6.79. The number of carbonyl (C=O) groups is 1. The largest absolute Gasteiger partial charge is 0.502 e. The molecule has 216 valence electrons. The van der Waals surface area contributed by atoms with Crippen molar-refractivity contribution in [2.24, 2.45) is 11.8 Å². The molecular weight excluding hydrogens is 532 g/mol. The van der Waals surface area contributed by atoms with Gasteiger partial charge in [-0.2, -0.15) is 0 Å². The van der Waals surface area contributed by atoms with Crippen molar-refractivity contribution in [1.29, 1.82) is 0 Å². The lowest BCUT2D eigenvalue weighted by atomic mass is 9.67. The molecule has 4 aliphatic rings. The van der Waals surface area contributed by atoms with Gasteiger partial charge in [-0.05, 0) is 35.7 Å². The van der Waals surface area contributed by atoms with Gasteiger partial charge in [0.25, 0.3) is 0 Å². The van der Waals surface area contributed by atoms with Gasteiger partial charge in [0.1, 0.15) is 24.4 Å². The standard InChI is InChI=1S/C27H30O13/c1-34-14-4-10(5-15(35-2)20(14)29)18-12-6-16-25(38-9-37-16)24(13(12)3-11-8-36-26(33)19(11)18)40-27-23(32)22(31)21(30)17(7-28)39-27/h4-6,11,17-19,21-23,27-32H,3,7-9H2,1-2H3/t11-,17+,18+,19+,21+,22-,23+,27-/m1/s1. The van der Waals surface area contributed by atoms with Crippen LogP contribution in [0.4, 0.5) is 0 Å². The molecule has 2 aromatic rings. The molecule has 0 aromatic heterocycles. The first-order valence-electron chi connectivity index (χ1n) is 12.8. The van der Waals surface area contributed by atoms with Crippen LogP contribution in [0.1, 0.15) is 22.6 Å².